The van der Waals surface area contributed by atoms with E-state index >= 15 is 0 Å². The van der Waals surface area contributed by atoms with Crippen LogP contribution in [0.1, 0.15) is 28.8 Å². The molecule has 0 radical (unpaired) electrons. The molecule has 1 heterocycles. The number of amides is 1. The highest BCUT2D eigenvalue weighted by Gasteiger charge is 2.25. The van der Waals surface area contributed by atoms with Crippen molar-refractivity contribution in [3.8, 4) is 0 Å². The van der Waals surface area contributed by atoms with Crippen LogP contribution in [0, 0.1) is 5.92 Å². The highest BCUT2D eigenvalue weighted by molar-refractivity contribution is 7.89. The molecule has 1 aliphatic heterocycles. The van der Waals surface area contributed by atoms with Gasteiger partial charge in [-0.2, -0.15) is 0 Å². The molecule has 2 aromatic carbocycles. The first-order valence-electron chi connectivity index (χ1n) is 9.81. The van der Waals surface area contributed by atoms with Crippen molar-refractivity contribution in [1.29, 1.82) is 0 Å². The lowest BCUT2D eigenvalue weighted by molar-refractivity contribution is 0.0425. The standard InChI is InChI=1S/C22H28N2O4S/c1-23(2)29(26,27)21-12-10-20(11-13-21)22(25)24-14-6-9-19(15-24)17-28-16-18-7-4-3-5-8-18/h3-5,7-8,10-13,19H,6,9,14-17H2,1-2H3/t19-/m0/s1. The number of hydrogen-bond acceptors (Lipinski definition) is 4. The normalized spacial score (nSPS) is 17.5. The van der Waals surface area contributed by atoms with Crippen LogP contribution < -0.4 is 0 Å². The van der Waals surface area contributed by atoms with E-state index in [9.17, 15) is 13.2 Å². The fourth-order valence-electron chi connectivity index (χ4n) is 3.47. The fraction of sp³-hybridized carbons (Fsp3) is 0.409. The Morgan fingerprint density at radius 2 is 1.79 bits per heavy atom. The van der Waals surface area contributed by atoms with Crippen molar-refractivity contribution in [1.82, 2.24) is 9.21 Å². The molecule has 0 aromatic heterocycles. The first-order valence-corrected chi connectivity index (χ1v) is 11.3. The minimum absolute atomic E-state index is 0.0634. The molecule has 1 amide bonds. The zero-order valence-corrected chi connectivity index (χ0v) is 17.8. The second kappa shape index (κ2) is 9.52. The summed E-state index contributed by atoms with van der Waals surface area (Å²) in [4.78, 5) is 14.9. The lowest BCUT2D eigenvalue weighted by atomic mass is 9.98. The van der Waals surface area contributed by atoms with Gasteiger partial charge in [-0.25, -0.2) is 12.7 Å². The summed E-state index contributed by atoms with van der Waals surface area (Å²) in [6.07, 6.45) is 1.98. The number of likely N-dealkylation sites (tertiary alicyclic amines) is 1. The molecule has 2 aromatic rings. The van der Waals surface area contributed by atoms with Gasteiger partial charge in [-0.3, -0.25) is 4.79 Å². The zero-order valence-electron chi connectivity index (χ0n) is 17.0. The fourth-order valence-corrected chi connectivity index (χ4v) is 4.37. The van der Waals surface area contributed by atoms with Crippen LogP contribution in [0.4, 0.5) is 0 Å². The van der Waals surface area contributed by atoms with Crippen LogP contribution in [-0.4, -0.2) is 57.3 Å². The molecule has 0 spiro atoms. The second-order valence-corrected chi connectivity index (χ2v) is 9.72. The minimum Gasteiger partial charge on any atom is -0.376 e. The molecule has 3 rings (SSSR count). The quantitative estimate of drug-likeness (QED) is 0.696. The molecular formula is C22H28N2O4S. The molecule has 0 N–H and O–H groups in total. The molecule has 1 atom stereocenters. The molecule has 156 valence electrons. The van der Waals surface area contributed by atoms with E-state index in [1.165, 1.54) is 26.2 Å². The molecule has 0 bridgehead atoms. The van der Waals surface area contributed by atoms with E-state index in [0.29, 0.717) is 37.8 Å². The average molecular weight is 417 g/mol. The number of benzene rings is 2. The number of sulfonamides is 1. The van der Waals surface area contributed by atoms with Gasteiger partial charge in [-0.05, 0) is 48.6 Å². The molecule has 0 unspecified atom stereocenters. The third-order valence-electron chi connectivity index (χ3n) is 5.15. The van der Waals surface area contributed by atoms with E-state index in [1.807, 2.05) is 35.2 Å². The zero-order chi connectivity index (χ0) is 20.9. The van der Waals surface area contributed by atoms with Crippen LogP contribution in [0.5, 0.6) is 0 Å². The Morgan fingerprint density at radius 3 is 2.45 bits per heavy atom. The lowest BCUT2D eigenvalue weighted by Crippen LogP contribution is -2.41. The van der Waals surface area contributed by atoms with E-state index in [2.05, 4.69) is 0 Å². The summed E-state index contributed by atoms with van der Waals surface area (Å²) in [5.41, 5.74) is 1.65. The van der Waals surface area contributed by atoms with Crippen molar-refractivity contribution in [3.05, 3.63) is 65.7 Å². The Kier molecular flexibility index (Phi) is 7.05. The first kappa shape index (κ1) is 21.5. The summed E-state index contributed by atoms with van der Waals surface area (Å²) in [6.45, 7) is 2.57. The smallest absolute Gasteiger partial charge is 0.253 e. The van der Waals surface area contributed by atoms with E-state index in [1.54, 1.807) is 12.1 Å². The maximum Gasteiger partial charge on any atom is 0.253 e. The highest BCUT2D eigenvalue weighted by atomic mass is 32.2. The maximum absolute atomic E-state index is 12.9. The molecule has 29 heavy (non-hydrogen) atoms. The summed E-state index contributed by atoms with van der Waals surface area (Å²) in [6, 6.07) is 16.2. The second-order valence-electron chi connectivity index (χ2n) is 7.57. The Bertz CT molecular complexity index is 912. The van der Waals surface area contributed by atoms with Gasteiger partial charge in [-0.15, -0.1) is 0 Å². The van der Waals surface area contributed by atoms with Crippen LogP contribution in [0.3, 0.4) is 0 Å². The Morgan fingerprint density at radius 1 is 1.10 bits per heavy atom. The van der Waals surface area contributed by atoms with Gasteiger partial charge in [0.25, 0.3) is 5.91 Å². The van der Waals surface area contributed by atoms with Crippen molar-refractivity contribution < 1.29 is 17.9 Å². The van der Waals surface area contributed by atoms with Crippen molar-refractivity contribution in [2.75, 3.05) is 33.8 Å². The number of carbonyl (C=O) groups excluding carboxylic acids is 1. The van der Waals surface area contributed by atoms with Gasteiger partial charge >= 0.3 is 0 Å². The van der Waals surface area contributed by atoms with Gasteiger partial charge < -0.3 is 9.64 Å². The number of rotatable bonds is 7. The predicted molar refractivity (Wildman–Crippen MR) is 112 cm³/mol. The average Bonchev–Trinajstić information content (AvgIpc) is 2.74. The summed E-state index contributed by atoms with van der Waals surface area (Å²) in [7, 11) is -0.518. The Labute approximate surface area is 173 Å². The van der Waals surface area contributed by atoms with E-state index in [4.69, 9.17) is 4.74 Å². The van der Waals surface area contributed by atoms with Crippen molar-refractivity contribution in [2.45, 2.75) is 24.3 Å². The van der Waals surface area contributed by atoms with Crippen LogP contribution in [-0.2, 0) is 21.4 Å². The van der Waals surface area contributed by atoms with Crippen LogP contribution in [0.25, 0.3) is 0 Å². The molecule has 0 aliphatic carbocycles. The summed E-state index contributed by atoms with van der Waals surface area (Å²) in [5.74, 6) is 0.247. The van der Waals surface area contributed by atoms with Gasteiger partial charge in [0.1, 0.15) is 0 Å². The van der Waals surface area contributed by atoms with Crippen molar-refractivity contribution >= 4 is 15.9 Å². The third kappa shape index (κ3) is 5.44. The topological polar surface area (TPSA) is 66.9 Å². The Balaban J connectivity index is 1.56. The van der Waals surface area contributed by atoms with Crippen LogP contribution in [0.15, 0.2) is 59.5 Å². The molecule has 1 aliphatic rings. The van der Waals surface area contributed by atoms with Crippen LogP contribution >= 0.6 is 0 Å². The number of ether oxygens (including phenoxy) is 1. The maximum atomic E-state index is 12.9. The van der Waals surface area contributed by atoms with Gasteiger partial charge in [0.2, 0.25) is 10.0 Å². The first-order chi connectivity index (χ1) is 13.9. The highest BCUT2D eigenvalue weighted by Crippen LogP contribution is 2.21. The summed E-state index contributed by atoms with van der Waals surface area (Å²) in [5, 5.41) is 0. The largest absolute Gasteiger partial charge is 0.376 e. The molecule has 1 saturated heterocycles. The number of hydrogen-bond donors (Lipinski definition) is 0. The summed E-state index contributed by atoms with van der Waals surface area (Å²) < 4.78 is 31.4. The van der Waals surface area contributed by atoms with E-state index in [-0.39, 0.29) is 10.8 Å². The van der Waals surface area contributed by atoms with Crippen molar-refractivity contribution in [3.63, 3.8) is 0 Å². The molecule has 6 nitrogen and oxygen atoms in total. The molecule has 7 heteroatoms. The minimum atomic E-state index is -3.49. The van der Waals surface area contributed by atoms with E-state index < -0.39 is 10.0 Å². The molecular weight excluding hydrogens is 388 g/mol. The van der Waals surface area contributed by atoms with Gasteiger partial charge in [0.05, 0.1) is 18.1 Å². The number of piperidine rings is 1. The molecule has 1 fully saturated rings. The SMILES string of the molecule is CN(C)S(=O)(=O)c1ccc(C(=O)N2CCC[C@H](COCc3ccccc3)C2)cc1. The Hall–Kier alpha value is -2.22. The van der Waals surface area contributed by atoms with Gasteiger partial charge in [0, 0.05) is 32.7 Å². The van der Waals surface area contributed by atoms with Crippen LogP contribution in [0.2, 0.25) is 0 Å². The third-order valence-corrected chi connectivity index (χ3v) is 6.98. The monoisotopic (exact) mass is 416 g/mol. The number of nitrogens with zero attached hydrogens (tertiary/aromatic N) is 2. The van der Waals surface area contributed by atoms with Gasteiger partial charge in [-0.1, -0.05) is 30.3 Å². The predicted octanol–water partition coefficient (Wildman–Crippen LogP) is 3.01. The lowest BCUT2D eigenvalue weighted by Gasteiger charge is -2.32. The van der Waals surface area contributed by atoms with Gasteiger partial charge in [0.15, 0.2) is 0 Å². The number of carbonyl (C=O) groups is 1. The van der Waals surface area contributed by atoms with Crippen molar-refractivity contribution in [2.24, 2.45) is 5.92 Å². The molecule has 0 saturated carbocycles. The van der Waals surface area contributed by atoms with E-state index in [0.717, 1.165) is 22.7 Å². The summed E-state index contributed by atoms with van der Waals surface area (Å²) >= 11 is 0.